The van der Waals surface area contributed by atoms with E-state index in [0.717, 1.165) is 18.0 Å². The number of nitrogens with one attached hydrogen (secondary N) is 4. The van der Waals surface area contributed by atoms with Gasteiger partial charge in [-0.15, -0.1) is 0 Å². The summed E-state index contributed by atoms with van der Waals surface area (Å²) in [6.45, 7) is 5.31. The van der Waals surface area contributed by atoms with Gasteiger partial charge in [0.1, 0.15) is 5.75 Å². The van der Waals surface area contributed by atoms with Gasteiger partial charge in [0.25, 0.3) is 0 Å². The number of thiocarbonyl (C=S) groups is 2. The van der Waals surface area contributed by atoms with E-state index in [0.29, 0.717) is 16.1 Å². The molecule has 0 aromatic heterocycles. The lowest BCUT2D eigenvalue weighted by Crippen LogP contribution is -2.48. The normalized spacial score (nSPS) is 11.3. The van der Waals surface area contributed by atoms with E-state index in [1.807, 2.05) is 24.3 Å². The minimum absolute atomic E-state index is 0.445. The molecule has 134 valence electrons. The Kier molecular flexibility index (Phi) is 10.1. The summed E-state index contributed by atoms with van der Waals surface area (Å²) in [4.78, 5) is 0. The van der Waals surface area contributed by atoms with Gasteiger partial charge in [0.2, 0.25) is 0 Å². The lowest BCUT2D eigenvalue weighted by molar-refractivity contribution is 0.415. The Balaban J connectivity index is 2.19. The van der Waals surface area contributed by atoms with Crippen LogP contribution in [0, 0.1) is 5.92 Å². The summed E-state index contributed by atoms with van der Waals surface area (Å²) in [7, 11) is 1.64. The van der Waals surface area contributed by atoms with E-state index in [2.05, 4.69) is 35.3 Å². The van der Waals surface area contributed by atoms with Crippen molar-refractivity contribution >= 4 is 40.3 Å². The third kappa shape index (κ3) is 8.88. The van der Waals surface area contributed by atoms with E-state index in [4.69, 9.17) is 29.2 Å². The average molecular weight is 369 g/mol. The molecule has 0 radical (unpaired) electrons. The van der Waals surface area contributed by atoms with E-state index in [1.54, 1.807) is 7.11 Å². The summed E-state index contributed by atoms with van der Waals surface area (Å²) in [5.41, 5.74) is 6.63. The van der Waals surface area contributed by atoms with Crippen LogP contribution in [0.25, 0.3) is 0 Å². The van der Waals surface area contributed by atoms with E-state index >= 15 is 0 Å². The van der Waals surface area contributed by atoms with E-state index in [9.17, 15) is 0 Å². The van der Waals surface area contributed by atoms with Gasteiger partial charge in [-0.05, 0) is 61.0 Å². The predicted octanol–water partition coefficient (Wildman–Crippen LogP) is 3.58. The molecular weight excluding hydrogens is 340 g/mol. The fraction of sp³-hybridized carbons (Fsp3) is 0.529. The minimum atomic E-state index is 0.445. The van der Waals surface area contributed by atoms with Crippen molar-refractivity contribution in [2.45, 2.75) is 39.5 Å². The summed E-state index contributed by atoms with van der Waals surface area (Å²) in [5.74, 6) is 1.40. The lowest BCUT2D eigenvalue weighted by Gasteiger charge is -2.17. The Morgan fingerprint density at radius 2 is 1.75 bits per heavy atom. The second-order valence-electron chi connectivity index (χ2n) is 5.74. The molecule has 7 heteroatoms. The van der Waals surface area contributed by atoms with Crippen LogP contribution in [-0.4, -0.2) is 23.9 Å². The molecule has 0 aliphatic heterocycles. The second kappa shape index (κ2) is 11.9. The lowest BCUT2D eigenvalue weighted by atomic mass is 10.0. The average Bonchev–Trinajstić information content (AvgIpc) is 2.59. The molecule has 0 bridgehead atoms. The van der Waals surface area contributed by atoms with Gasteiger partial charge < -0.3 is 15.4 Å². The molecule has 24 heavy (non-hydrogen) atoms. The molecule has 0 fully saturated rings. The fourth-order valence-corrected chi connectivity index (χ4v) is 2.41. The Morgan fingerprint density at radius 3 is 2.38 bits per heavy atom. The maximum absolute atomic E-state index is 5.23. The van der Waals surface area contributed by atoms with Crippen molar-refractivity contribution in [3.63, 3.8) is 0 Å². The quantitative estimate of drug-likeness (QED) is 0.318. The first-order valence-corrected chi connectivity index (χ1v) is 9.11. The van der Waals surface area contributed by atoms with E-state index in [1.165, 1.54) is 25.7 Å². The second-order valence-corrected chi connectivity index (χ2v) is 6.56. The molecule has 0 saturated carbocycles. The molecule has 0 unspecified atom stereocenters. The summed E-state index contributed by atoms with van der Waals surface area (Å²) in [5, 5.41) is 7.24. The molecule has 0 heterocycles. The van der Waals surface area contributed by atoms with Crippen molar-refractivity contribution in [2.75, 3.05) is 19.0 Å². The Morgan fingerprint density at radius 1 is 1.08 bits per heavy atom. The SMILES string of the molecule is CCCCC[C@H](C)CNC(=S)NNC(=S)Nc1ccc(OC)cc1. The molecule has 1 atom stereocenters. The van der Waals surface area contributed by atoms with Gasteiger partial charge in [-0.25, -0.2) is 0 Å². The Bertz CT molecular complexity index is 508. The van der Waals surface area contributed by atoms with Crippen LogP contribution in [0.15, 0.2) is 24.3 Å². The number of anilines is 1. The molecular formula is C17H28N4OS2. The first-order chi connectivity index (χ1) is 11.5. The molecule has 4 N–H and O–H groups in total. The van der Waals surface area contributed by atoms with E-state index in [-0.39, 0.29) is 0 Å². The number of rotatable bonds is 8. The third-order valence-electron chi connectivity index (χ3n) is 3.55. The number of hydrogen-bond donors (Lipinski definition) is 4. The highest BCUT2D eigenvalue weighted by Crippen LogP contribution is 2.14. The van der Waals surface area contributed by atoms with Crippen LogP contribution in [0.2, 0.25) is 0 Å². The highest BCUT2D eigenvalue weighted by atomic mass is 32.1. The van der Waals surface area contributed by atoms with Gasteiger partial charge in [-0.1, -0.05) is 33.1 Å². The standard InChI is InChI=1S/C17H28N4OS2/c1-4-5-6-7-13(2)12-18-16(23)20-21-17(24)19-14-8-10-15(22-3)11-9-14/h8-11,13H,4-7,12H2,1-3H3,(H2,18,20,23)(H2,19,21,24)/t13-/m0/s1. The zero-order valence-electron chi connectivity index (χ0n) is 14.6. The van der Waals surface area contributed by atoms with Crippen molar-refractivity contribution in [2.24, 2.45) is 5.92 Å². The van der Waals surface area contributed by atoms with Gasteiger partial charge in [0.05, 0.1) is 7.11 Å². The van der Waals surface area contributed by atoms with Gasteiger partial charge in [-0.3, -0.25) is 10.9 Å². The number of methoxy groups -OCH3 is 1. The van der Waals surface area contributed by atoms with Crippen LogP contribution in [0.3, 0.4) is 0 Å². The van der Waals surface area contributed by atoms with Crippen LogP contribution in [0.5, 0.6) is 5.75 Å². The molecule has 1 rings (SSSR count). The highest BCUT2D eigenvalue weighted by Gasteiger charge is 2.04. The van der Waals surface area contributed by atoms with Crippen LogP contribution >= 0.6 is 24.4 Å². The molecule has 0 saturated heterocycles. The maximum atomic E-state index is 5.23. The van der Waals surface area contributed by atoms with Crippen molar-refractivity contribution in [3.05, 3.63) is 24.3 Å². The smallest absolute Gasteiger partial charge is 0.189 e. The molecule has 0 aliphatic carbocycles. The van der Waals surface area contributed by atoms with Crippen molar-refractivity contribution in [1.82, 2.24) is 16.2 Å². The maximum Gasteiger partial charge on any atom is 0.189 e. The first-order valence-electron chi connectivity index (χ1n) is 8.30. The van der Waals surface area contributed by atoms with Crippen LogP contribution in [-0.2, 0) is 0 Å². The number of unbranched alkanes of at least 4 members (excludes halogenated alkanes) is 2. The largest absolute Gasteiger partial charge is 0.497 e. The third-order valence-corrected chi connectivity index (χ3v) is 4.00. The fourth-order valence-electron chi connectivity index (χ4n) is 2.11. The van der Waals surface area contributed by atoms with Gasteiger partial charge >= 0.3 is 0 Å². The zero-order valence-corrected chi connectivity index (χ0v) is 16.3. The number of hydrogen-bond acceptors (Lipinski definition) is 3. The number of hydrazine groups is 1. The first kappa shape index (κ1) is 20.4. The van der Waals surface area contributed by atoms with Crippen LogP contribution in [0.4, 0.5) is 5.69 Å². The highest BCUT2D eigenvalue weighted by molar-refractivity contribution is 7.80. The van der Waals surface area contributed by atoms with Crippen molar-refractivity contribution in [1.29, 1.82) is 0 Å². The summed E-state index contributed by atoms with van der Waals surface area (Å²) >= 11 is 10.5. The molecule has 0 aliphatic rings. The van der Waals surface area contributed by atoms with Crippen molar-refractivity contribution in [3.8, 4) is 5.75 Å². The molecule has 0 spiro atoms. The summed E-state index contributed by atoms with van der Waals surface area (Å²) in [6, 6.07) is 7.51. The zero-order chi connectivity index (χ0) is 17.8. The number of benzene rings is 1. The summed E-state index contributed by atoms with van der Waals surface area (Å²) < 4.78 is 5.12. The monoisotopic (exact) mass is 368 g/mol. The van der Waals surface area contributed by atoms with Gasteiger partial charge in [0, 0.05) is 12.2 Å². The molecule has 5 nitrogen and oxygen atoms in total. The molecule has 1 aromatic carbocycles. The Hall–Kier alpha value is -1.60. The summed E-state index contributed by atoms with van der Waals surface area (Å²) in [6.07, 6.45) is 5.03. The molecule has 0 amide bonds. The molecule has 1 aromatic rings. The number of ether oxygens (including phenoxy) is 1. The predicted molar refractivity (Wildman–Crippen MR) is 109 cm³/mol. The van der Waals surface area contributed by atoms with Gasteiger partial charge in [0.15, 0.2) is 10.2 Å². The van der Waals surface area contributed by atoms with E-state index < -0.39 is 0 Å². The minimum Gasteiger partial charge on any atom is -0.497 e. The Labute approximate surface area is 155 Å². The van der Waals surface area contributed by atoms with Gasteiger partial charge in [-0.2, -0.15) is 0 Å². The van der Waals surface area contributed by atoms with Crippen molar-refractivity contribution < 1.29 is 4.74 Å². The van der Waals surface area contributed by atoms with Crippen LogP contribution < -0.4 is 26.2 Å². The topological polar surface area (TPSA) is 57.3 Å². The van der Waals surface area contributed by atoms with Crippen LogP contribution in [0.1, 0.15) is 39.5 Å².